The first kappa shape index (κ1) is 38.1. The Morgan fingerprint density at radius 2 is 1.62 bits per heavy atom. The van der Waals surface area contributed by atoms with Gasteiger partial charge in [0.1, 0.15) is 12.1 Å². The summed E-state index contributed by atoms with van der Waals surface area (Å²) < 4.78 is 4.95. The molecule has 0 saturated carbocycles. The van der Waals surface area contributed by atoms with Gasteiger partial charge in [-0.3, -0.25) is 19.2 Å². The van der Waals surface area contributed by atoms with Crippen molar-refractivity contribution >= 4 is 35.0 Å². The van der Waals surface area contributed by atoms with E-state index in [1.807, 2.05) is 71.3 Å². The minimum atomic E-state index is -0.838. The van der Waals surface area contributed by atoms with Crippen LogP contribution in [0.15, 0.2) is 29.8 Å². The van der Waals surface area contributed by atoms with Gasteiger partial charge in [0.25, 0.3) is 0 Å². The minimum Gasteiger partial charge on any atom is -0.466 e. The number of hydrogen-bond donors (Lipinski definition) is 3. The number of aryl methyl sites for hydroxylation is 1. The highest BCUT2D eigenvalue weighted by Crippen LogP contribution is 2.29. The fraction of sp³-hybridized carbons (Fsp3) is 0.639. The van der Waals surface area contributed by atoms with Gasteiger partial charge in [-0.25, -0.2) is 4.98 Å². The van der Waals surface area contributed by atoms with Crippen molar-refractivity contribution < 1.29 is 29.0 Å². The van der Waals surface area contributed by atoms with E-state index >= 15 is 0 Å². The lowest BCUT2D eigenvalue weighted by Crippen LogP contribution is -2.57. The molecule has 1 saturated heterocycles. The molecule has 4 unspecified atom stereocenters. The van der Waals surface area contributed by atoms with E-state index in [0.29, 0.717) is 19.4 Å². The Morgan fingerprint density at radius 3 is 2.19 bits per heavy atom. The number of rotatable bonds is 17. The second-order valence-electron chi connectivity index (χ2n) is 13.7. The third kappa shape index (κ3) is 11.7. The normalized spacial score (nSPS) is 17.6. The Hall–Kier alpha value is -3.31. The zero-order valence-corrected chi connectivity index (χ0v) is 29.8. The largest absolute Gasteiger partial charge is 0.466 e. The van der Waals surface area contributed by atoms with Crippen LogP contribution < -0.4 is 10.6 Å². The lowest BCUT2D eigenvalue weighted by atomic mass is 9.85. The van der Waals surface area contributed by atoms with Crippen molar-refractivity contribution in [2.24, 2.45) is 5.41 Å². The van der Waals surface area contributed by atoms with Gasteiger partial charge >= 0.3 is 5.97 Å². The van der Waals surface area contributed by atoms with E-state index in [9.17, 15) is 24.3 Å². The first-order valence-corrected chi connectivity index (χ1v) is 17.9. The summed E-state index contributed by atoms with van der Waals surface area (Å²) in [6.07, 6.45) is 6.63. The van der Waals surface area contributed by atoms with Gasteiger partial charge in [0, 0.05) is 25.8 Å². The summed E-state index contributed by atoms with van der Waals surface area (Å²) in [7, 11) is 0. The molecule has 0 spiro atoms. The molecule has 4 atom stereocenters. The number of nitrogens with zero attached hydrogens (tertiary/aromatic N) is 2. The third-order valence-corrected chi connectivity index (χ3v) is 9.63. The van der Waals surface area contributed by atoms with E-state index in [1.54, 1.807) is 11.3 Å². The lowest BCUT2D eigenvalue weighted by molar-refractivity contribution is -0.144. The lowest BCUT2D eigenvalue weighted by Gasteiger charge is -2.35. The molecular weight excluding hydrogens is 616 g/mol. The van der Waals surface area contributed by atoms with Crippen LogP contribution in [0, 0.1) is 12.3 Å². The number of unbranched alkanes of at least 4 members (excludes halogenated alkanes) is 6. The van der Waals surface area contributed by atoms with Gasteiger partial charge in [-0.1, -0.05) is 77.1 Å². The van der Waals surface area contributed by atoms with Gasteiger partial charge in [-0.05, 0) is 50.2 Å². The summed E-state index contributed by atoms with van der Waals surface area (Å²) in [6.45, 7) is 11.8. The molecule has 3 rings (SSSR count). The molecule has 0 radical (unpaired) electrons. The zero-order valence-electron chi connectivity index (χ0n) is 29.0. The van der Waals surface area contributed by atoms with Gasteiger partial charge in [0.05, 0.1) is 34.8 Å². The average Bonchev–Trinajstić information content (AvgIpc) is 3.63. The average molecular weight is 671 g/mol. The summed E-state index contributed by atoms with van der Waals surface area (Å²) in [6, 6.07) is 6.00. The standard InChI is InChI=1S/C36H54N4O6S/c1-7-46-31(43)16-14-12-10-8-9-11-13-15-30(42)39-33(36(4,5)6)35(45)40-22-28(41)21-29(40)34(44)38-24(2)26-17-19-27(20-18-26)32-25(3)37-23-47-32/h17-20,23-24,28-29,33,41H,7-16,21-22H2,1-6H3,(H,38,44)(H,39,42). The van der Waals surface area contributed by atoms with Crippen LogP contribution in [-0.4, -0.2) is 70.0 Å². The molecule has 1 aromatic heterocycles. The number of carbonyl (C=O) groups excluding carboxylic acids is 4. The highest BCUT2D eigenvalue weighted by Gasteiger charge is 2.44. The Kier molecular flexibility index (Phi) is 14.8. The monoisotopic (exact) mass is 670 g/mol. The summed E-state index contributed by atoms with van der Waals surface area (Å²) in [5, 5.41) is 16.5. The van der Waals surface area contributed by atoms with Crippen molar-refractivity contribution in [3.05, 3.63) is 41.0 Å². The van der Waals surface area contributed by atoms with Crippen molar-refractivity contribution in [1.29, 1.82) is 0 Å². The number of nitrogens with one attached hydrogen (secondary N) is 2. The maximum Gasteiger partial charge on any atom is 0.305 e. The zero-order chi connectivity index (χ0) is 34.6. The molecule has 1 aliphatic rings. The Bertz CT molecular complexity index is 1320. The van der Waals surface area contributed by atoms with Crippen LogP contribution >= 0.6 is 11.3 Å². The summed E-state index contributed by atoms with van der Waals surface area (Å²) in [5.41, 5.74) is 4.19. The number of β-amino-alcohol motifs (C(OH)–C–C–N with tert-alkyl or cyclic N) is 1. The number of aliphatic hydroxyl groups excluding tert-OH is 1. The molecule has 1 fully saturated rings. The van der Waals surface area contributed by atoms with Crippen LogP contribution in [0.4, 0.5) is 0 Å². The Morgan fingerprint density at radius 1 is 1.00 bits per heavy atom. The van der Waals surface area contributed by atoms with E-state index < -0.39 is 23.6 Å². The number of likely N-dealkylation sites (tertiary alicyclic amines) is 1. The number of ether oxygens (including phenoxy) is 1. The number of hydrogen-bond acceptors (Lipinski definition) is 8. The molecule has 2 aromatic rings. The van der Waals surface area contributed by atoms with E-state index in [1.165, 1.54) is 4.90 Å². The predicted octanol–water partition coefficient (Wildman–Crippen LogP) is 5.86. The van der Waals surface area contributed by atoms with Crippen molar-refractivity contribution in [3.8, 4) is 10.4 Å². The van der Waals surface area contributed by atoms with Crippen LogP contribution in [0.3, 0.4) is 0 Å². The first-order chi connectivity index (χ1) is 22.3. The minimum absolute atomic E-state index is 0.0381. The molecular formula is C36H54N4O6S. The molecule has 3 amide bonds. The van der Waals surface area contributed by atoms with Crippen LogP contribution in [0.25, 0.3) is 10.4 Å². The topological polar surface area (TPSA) is 138 Å². The first-order valence-electron chi connectivity index (χ1n) is 17.1. The molecule has 10 nitrogen and oxygen atoms in total. The number of esters is 1. The van der Waals surface area contributed by atoms with Crippen molar-refractivity contribution in [2.75, 3.05) is 13.2 Å². The summed E-state index contributed by atoms with van der Waals surface area (Å²) in [4.78, 5) is 58.6. The molecule has 2 heterocycles. The highest BCUT2D eigenvalue weighted by molar-refractivity contribution is 7.13. The predicted molar refractivity (Wildman–Crippen MR) is 185 cm³/mol. The van der Waals surface area contributed by atoms with E-state index in [-0.39, 0.29) is 42.7 Å². The molecule has 11 heteroatoms. The summed E-state index contributed by atoms with van der Waals surface area (Å²) in [5.74, 6) is -1.02. The number of thiazole rings is 1. The Labute approximate surface area is 284 Å². The third-order valence-electron chi connectivity index (χ3n) is 8.65. The SMILES string of the molecule is CCOC(=O)CCCCCCCCCC(=O)NC(C(=O)N1CC(O)CC1C(=O)NC(C)c1ccc(-c2scnc2C)cc1)C(C)(C)C. The van der Waals surface area contributed by atoms with Gasteiger partial charge in [0.2, 0.25) is 17.7 Å². The molecule has 260 valence electrons. The van der Waals surface area contributed by atoms with Crippen molar-refractivity contribution in [3.63, 3.8) is 0 Å². The molecule has 3 N–H and O–H groups in total. The molecule has 0 aliphatic carbocycles. The van der Waals surface area contributed by atoms with Crippen molar-refractivity contribution in [2.45, 2.75) is 130 Å². The number of aliphatic hydroxyl groups is 1. The van der Waals surface area contributed by atoms with Crippen LogP contribution in [0.1, 0.15) is 116 Å². The number of benzene rings is 1. The molecule has 1 aromatic carbocycles. The molecule has 0 bridgehead atoms. The fourth-order valence-electron chi connectivity index (χ4n) is 5.92. The van der Waals surface area contributed by atoms with E-state index in [0.717, 1.165) is 66.6 Å². The Balaban J connectivity index is 1.50. The second kappa shape index (κ2) is 18.3. The van der Waals surface area contributed by atoms with Gasteiger partial charge in [-0.2, -0.15) is 0 Å². The van der Waals surface area contributed by atoms with Crippen LogP contribution in [0.2, 0.25) is 0 Å². The quantitative estimate of drug-likeness (QED) is 0.142. The van der Waals surface area contributed by atoms with Gasteiger partial charge in [-0.15, -0.1) is 11.3 Å². The van der Waals surface area contributed by atoms with E-state index in [4.69, 9.17) is 4.74 Å². The van der Waals surface area contributed by atoms with Crippen LogP contribution in [-0.2, 0) is 23.9 Å². The second-order valence-corrected chi connectivity index (χ2v) is 14.5. The van der Waals surface area contributed by atoms with Gasteiger partial charge < -0.3 is 25.4 Å². The number of aromatic nitrogens is 1. The van der Waals surface area contributed by atoms with Crippen molar-refractivity contribution in [1.82, 2.24) is 20.5 Å². The van der Waals surface area contributed by atoms with E-state index in [2.05, 4.69) is 15.6 Å². The number of carbonyl (C=O) groups is 4. The fourth-order valence-corrected chi connectivity index (χ4v) is 6.73. The number of amides is 3. The smallest absolute Gasteiger partial charge is 0.305 e. The maximum atomic E-state index is 13.9. The van der Waals surface area contributed by atoms with Crippen LogP contribution in [0.5, 0.6) is 0 Å². The summed E-state index contributed by atoms with van der Waals surface area (Å²) >= 11 is 1.59. The molecule has 47 heavy (non-hydrogen) atoms. The molecule has 1 aliphatic heterocycles. The highest BCUT2D eigenvalue weighted by atomic mass is 32.1. The van der Waals surface area contributed by atoms with Gasteiger partial charge in [0.15, 0.2) is 0 Å². The maximum absolute atomic E-state index is 13.9.